The summed E-state index contributed by atoms with van der Waals surface area (Å²) in [6.45, 7) is 17.4. The maximum absolute atomic E-state index is 12.6. The molecule has 0 radical (unpaired) electrons. The summed E-state index contributed by atoms with van der Waals surface area (Å²) in [4.78, 5) is 50.7. The lowest BCUT2D eigenvalue weighted by molar-refractivity contribution is -0.132. The van der Waals surface area contributed by atoms with Crippen LogP contribution in [0.3, 0.4) is 0 Å². The third-order valence-corrected chi connectivity index (χ3v) is 13.3. The minimum atomic E-state index is 0.00263. The monoisotopic (exact) mass is 770 g/mol. The number of anilines is 4. The summed E-state index contributed by atoms with van der Waals surface area (Å²) in [5.74, 6) is 4.33. The van der Waals surface area contributed by atoms with E-state index in [2.05, 4.69) is 77.7 Å². The SMILES string of the molecule is C[C@@]12CN(C(=O)C3CC3)C[C@]1(C)CN(c1nc(Cl)ncc1Cl)C2.Cc1cc(Nc2ncc(Cl)c(N3C[C@]4(C)CN(C(=O)C5CC5)C[C@]4(C)C3)n2)no1. The fourth-order valence-corrected chi connectivity index (χ4v) is 9.40. The summed E-state index contributed by atoms with van der Waals surface area (Å²) < 4.78 is 5.08. The van der Waals surface area contributed by atoms with Crippen LogP contribution in [-0.4, -0.2) is 99.1 Å². The van der Waals surface area contributed by atoms with Gasteiger partial charge >= 0.3 is 0 Å². The number of nitrogens with one attached hydrogen (secondary N) is 1. The van der Waals surface area contributed by atoms with Crippen molar-refractivity contribution in [2.24, 2.45) is 33.5 Å². The molecule has 9 rings (SSSR count). The van der Waals surface area contributed by atoms with Crippen LogP contribution < -0.4 is 15.1 Å². The van der Waals surface area contributed by atoms with E-state index in [1.54, 1.807) is 18.5 Å². The molecule has 4 saturated heterocycles. The largest absolute Gasteiger partial charge is 0.360 e. The van der Waals surface area contributed by atoms with E-state index in [4.69, 9.17) is 39.3 Å². The van der Waals surface area contributed by atoms with E-state index >= 15 is 0 Å². The first kappa shape index (κ1) is 35.6. The number of aryl methyl sites for hydroxylation is 1. The highest BCUT2D eigenvalue weighted by Gasteiger charge is 2.61. The van der Waals surface area contributed by atoms with Gasteiger partial charge in [0.15, 0.2) is 17.5 Å². The van der Waals surface area contributed by atoms with Gasteiger partial charge in [0, 0.05) is 91.9 Å². The Hall–Kier alpha value is -3.42. The maximum atomic E-state index is 12.6. The van der Waals surface area contributed by atoms with Crippen molar-refractivity contribution in [2.45, 2.75) is 60.3 Å². The Balaban J connectivity index is 0.000000153. The van der Waals surface area contributed by atoms with Gasteiger partial charge < -0.3 is 29.4 Å². The van der Waals surface area contributed by atoms with Gasteiger partial charge in [0.05, 0.1) is 12.4 Å². The van der Waals surface area contributed by atoms with Gasteiger partial charge in [0.25, 0.3) is 0 Å². The highest BCUT2D eigenvalue weighted by molar-refractivity contribution is 6.33. The molecule has 278 valence electrons. The molecule has 7 heterocycles. The lowest BCUT2D eigenvalue weighted by Crippen LogP contribution is -2.36. The van der Waals surface area contributed by atoms with Gasteiger partial charge in [-0.2, -0.15) is 9.97 Å². The van der Waals surface area contributed by atoms with E-state index < -0.39 is 0 Å². The Morgan fingerprint density at radius 2 is 1.15 bits per heavy atom. The fourth-order valence-electron chi connectivity index (χ4n) is 8.85. The first-order valence-corrected chi connectivity index (χ1v) is 19.2. The van der Waals surface area contributed by atoms with Crippen molar-refractivity contribution in [1.82, 2.24) is 34.9 Å². The summed E-state index contributed by atoms with van der Waals surface area (Å²) >= 11 is 18.7. The van der Waals surface area contributed by atoms with Gasteiger partial charge in [-0.3, -0.25) is 9.59 Å². The van der Waals surface area contributed by atoms with Crippen LogP contribution in [0.2, 0.25) is 15.3 Å². The Bertz CT molecular complexity index is 1880. The van der Waals surface area contributed by atoms with Crippen molar-refractivity contribution in [1.29, 1.82) is 0 Å². The van der Waals surface area contributed by atoms with E-state index in [-0.39, 0.29) is 38.8 Å². The number of fused-ring (bicyclic) bond motifs is 2. The topological polar surface area (TPSA) is 137 Å². The molecule has 2 amide bonds. The molecule has 3 aromatic heterocycles. The van der Waals surface area contributed by atoms with Gasteiger partial charge in [-0.25, -0.2) is 9.97 Å². The zero-order valence-electron chi connectivity index (χ0n) is 30.3. The molecule has 4 aliphatic heterocycles. The quantitative estimate of drug-likeness (QED) is 0.290. The minimum Gasteiger partial charge on any atom is -0.360 e. The average Bonchev–Trinajstić information content (AvgIpc) is 3.99. The van der Waals surface area contributed by atoms with Crippen molar-refractivity contribution in [3.63, 3.8) is 0 Å². The normalized spacial score (nSPS) is 30.7. The Kier molecular flexibility index (Phi) is 8.61. The highest BCUT2D eigenvalue weighted by atomic mass is 35.5. The van der Waals surface area contributed by atoms with E-state index in [1.807, 2.05) is 6.92 Å². The second kappa shape index (κ2) is 12.6. The molecule has 1 N–H and O–H groups in total. The first-order chi connectivity index (χ1) is 24.6. The van der Waals surface area contributed by atoms with Crippen molar-refractivity contribution < 1.29 is 14.1 Å². The number of carbonyl (C=O) groups excluding carboxylic acids is 2. The number of carbonyl (C=O) groups is 2. The fraction of sp³-hybridized carbons (Fsp3) is 0.639. The summed E-state index contributed by atoms with van der Waals surface area (Å²) in [7, 11) is 0. The summed E-state index contributed by atoms with van der Waals surface area (Å²) in [5, 5.41) is 8.23. The third kappa shape index (κ3) is 6.34. The molecule has 6 fully saturated rings. The van der Waals surface area contributed by atoms with Crippen LogP contribution in [0.25, 0.3) is 0 Å². The van der Waals surface area contributed by atoms with Gasteiger partial charge in [-0.15, -0.1) is 0 Å². The smallest absolute Gasteiger partial charge is 0.230 e. The highest BCUT2D eigenvalue weighted by Crippen LogP contribution is 2.55. The van der Waals surface area contributed by atoms with E-state index in [0.717, 1.165) is 78.0 Å². The van der Waals surface area contributed by atoms with Gasteiger partial charge in [-0.1, -0.05) is 56.1 Å². The molecular weight excluding hydrogens is 727 g/mol. The van der Waals surface area contributed by atoms with Crippen LogP contribution in [-0.2, 0) is 9.59 Å². The molecule has 13 nitrogen and oxygen atoms in total. The molecule has 0 spiro atoms. The number of halogens is 3. The molecule has 2 aliphatic carbocycles. The molecule has 0 bridgehead atoms. The zero-order chi connectivity index (χ0) is 36.8. The average molecular weight is 772 g/mol. The van der Waals surface area contributed by atoms with E-state index in [1.165, 1.54) is 0 Å². The predicted octanol–water partition coefficient (Wildman–Crippen LogP) is 6.12. The van der Waals surface area contributed by atoms with E-state index in [9.17, 15) is 9.59 Å². The Morgan fingerprint density at radius 1 is 0.712 bits per heavy atom. The molecule has 4 atom stereocenters. The molecular formula is C36H45Cl3N10O3. The molecule has 52 heavy (non-hydrogen) atoms. The van der Waals surface area contributed by atoms with Gasteiger partial charge in [0.2, 0.25) is 23.0 Å². The van der Waals surface area contributed by atoms with E-state index in [0.29, 0.717) is 51.0 Å². The second-order valence-electron chi connectivity index (χ2n) is 17.0. The number of likely N-dealkylation sites (tertiary alicyclic amines) is 2. The molecule has 2 saturated carbocycles. The van der Waals surface area contributed by atoms with Crippen LogP contribution in [0, 0.1) is 40.4 Å². The second-order valence-corrected chi connectivity index (χ2v) is 18.2. The van der Waals surface area contributed by atoms with Gasteiger partial charge in [-0.05, 0) is 44.2 Å². The summed E-state index contributed by atoms with van der Waals surface area (Å²) in [6, 6.07) is 1.78. The van der Waals surface area contributed by atoms with Crippen LogP contribution in [0.1, 0.15) is 59.1 Å². The molecule has 6 aliphatic rings. The standard InChI is InChI=1S/C20H25ClN6O2.C16H20Cl2N4O/c1-12-6-15(25-29-12)23-18-22-7-14(21)16(24-18)26-8-19(2)10-27(11-20(19,3)9-26)17(28)13-4-5-13;1-15-6-21(12-11(17)5-19-14(18)20-12)7-16(15,2)9-22(8-15)13(23)10-3-4-10/h6-7,13H,4-5,8-11H2,1-3H3,(H,22,23,24,25);5,10H,3-4,6-9H2,1-2H3/t19-,20+;15-,16+. The van der Waals surface area contributed by atoms with Crippen LogP contribution in [0.5, 0.6) is 0 Å². The summed E-state index contributed by atoms with van der Waals surface area (Å²) in [6.07, 6.45) is 7.38. The number of hydrogen-bond acceptors (Lipinski definition) is 11. The molecule has 3 aromatic rings. The Labute approximate surface area is 318 Å². The molecule has 16 heteroatoms. The predicted molar refractivity (Wildman–Crippen MR) is 199 cm³/mol. The lowest BCUT2D eigenvalue weighted by Gasteiger charge is -2.29. The summed E-state index contributed by atoms with van der Waals surface area (Å²) in [5.41, 5.74) is 0.0852. The number of hydrogen-bond donors (Lipinski definition) is 1. The number of nitrogens with zero attached hydrogens (tertiary/aromatic N) is 9. The third-order valence-electron chi connectivity index (χ3n) is 12.6. The number of rotatable bonds is 6. The molecule has 0 aromatic carbocycles. The zero-order valence-corrected chi connectivity index (χ0v) is 32.5. The first-order valence-electron chi connectivity index (χ1n) is 18.1. The van der Waals surface area contributed by atoms with Crippen LogP contribution in [0.4, 0.5) is 23.4 Å². The van der Waals surface area contributed by atoms with Gasteiger partial charge in [0.1, 0.15) is 15.8 Å². The van der Waals surface area contributed by atoms with Crippen molar-refractivity contribution in [3.8, 4) is 0 Å². The Morgan fingerprint density at radius 3 is 1.58 bits per heavy atom. The minimum absolute atomic E-state index is 0.00263. The maximum Gasteiger partial charge on any atom is 0.230 e. The number of aromatic nitrogens is 5. The van der Waals surface area contributed by atoms with Crippen molar-refractivity contribution >= 4 is 70.0 Å². The number of amides is 2. The van der Waals surface area contributed by atoms with Crippen molar-refractivity contribution in [3.05, 3.63) is 39.5 Å². The lowest BCUT2D eigenvalue weighted by atomic mass is 9.71. The van der Waals surface area contributed by atoms with Crippen LogP contribution in [0.15, 0.2) is 23.0 Å². The van der Waals surface area contributed by atoms with Crippen molar-refractivity contribution in [2.75, 3.05) is 67.5 Å². The molecule has 0 unspecified atom stereocenters. The van der Waals surface area contributed by atoms with Crippen LogP contribution >= 0.6 is 34.8 Å².